The number of rotatable bonds is 7. The summed E-state index contributed by atoms with van der Waals surface area (Å²) in [5.41, 5.74) is 5.30. The number of carbonyl (C=O) groups is 2. The third-order valence-electron chi connectivity index (χ3n) is 8.52. The SMILES string of the molecule is COCCNC(=O)c1ccccc1NC(=O)c1ccc2c(c1)[C@H]1[C@@H]3CC[C@@H](C3)[C@@H]1[C@@H](c1ccccc1)N2. The number of anilines is 2. The van der Waals surface area contributed by atoms with E-state index >= 15 is 0 Å². The molecule has 0 unspecified atom stereocenters. The zero-order valence-electron chi connectivity index (χ0n) is 21.1. The van der Waals surface area contributed by atoms with Gasteiger partial charge in [-0.2, -0.15) is 0 Å². The number of hydrogen-bond donors (Lipinski definition) is 3. The van der Waals surface area contributed by atoms with E-state index in [4.69, 9.17) is 4.74 Å². The molecule has 3 N–H and O–H groups in total. The topological polar surface area (TPSA) is 79.5 Å². The number of methoxy groups -OCH3 is 1. The fourth-order valence-corrected chi connectivity index (χ4v) is 6.96. The van der Waals surface area contributed by atoms with Crippen molar-refractivity contribution in [1.82, 2.24) is 5.32 Å². The Morgan fingerprint density at radius 3 is 2.57 bits per heavy atom. The van der Waals surface area contributed by atoms with E-state index in [1.165, 1.54) is 30.4 Å². The van der Waals surface area contributed by atoms with E-state index in [0.717, 1.165) is 11.6 Å². The lowest BCUT2D eigenvalue weighted by atomic mass is 9.68. The van der Waals surface area contributed by atoms with Gasteiger partial charge >= 0.3 is 0 Å². The zero-order valence-corrected chi connectivity index (χ0v) is 21.1. The second-order valence-electron chi connectivity index (χ2n) is 10.5. The maximum absolute atomic E-state index is 13.4. The fourth-order valence-electron chi connectivity index (χ4n) is 6.96. The van der Waals surface area contributed by atoms with Crippen LogP contribution in [0, 0.1) is 17.8 Å². The Kier molecular flexibility index (Phi) is 6.43. The average molecular weight is 496 g/mol. The molecule has 2 fully saturated rings. The van der Waals surface area contributed by atoms with Crippen LogP contribution in [-0.4, -0.2) is 32.1 Å². The molecule has 5 atom stereocenters. The highest BCUT2D eigenvalue weighted by molar-refractivity contribution is 6.09. The highest BCUT2D eigenvalue weighted by Gasteiger charge is 2.53. The molecule has 2 amide bonds. The molecule has 3 aromatic carbocycles. The number of fused-ring (bicyclic) bond motifs is 7. The molecule has 2 saturated carbocycles. The lowest BCUT2D eigenvalue weighted by molar-refractivity contribution is 0.0938. The van der Waals surface area contributed by atoms with E-state index in [0.29, 0.717) is 53.8 Å². The highest BCUT2D eigenvalue weighted by Crippen LogP contribution is 2.63. The van der Waals surface area contributed by atoms with Gasteiger partial charge in [-0.05, 0) is 84.4 Å². The minimum absolute atomic E-state index is 0.204. The third-order valence-corrected chi connectivity index (χ3v) is 8.52. The van der Waals surface area contributed by atoms with E-state index in [-0.39, 0.29) is 11.8 Å². The summed E-state index contributed by atoms with van der Waals surface area (Å²) in [6.45, 7) is 0.836. The van der Waals surface area contributed by atoms with Crippen molar-refractivity contribution in [2.45, 2.75) is 31.2 Å². The van der Waals surface area contributed by atoms with Crippen LogP contribution in [0.1, 0.15) is 63.1 Å². The van der Waals surface area contributed by atoms with Crippen molar-refractivity contribution in [2.75, 3.05) is 30.9 Å². The number of para-hydroxylation sites is 1. The van der Waals surface area contributed by atoms with Crippen molar-refractivity contribution >= 4 is 23.2 Å². The molecule has 190 valence electrons. The Bertz CT molecular complexity index is 1310. The van der Waals surface area contributed by atoms with Crippen LogP contribution in [0.2, 0.25) is 0 Å². The van der Waals surface area contributed by atoms with Crippen LogP contribution in [0.5, 0.6) is 0 Å². The maximum atomic E-state index is 13.4. The van der Waals surface area contributed by atoms with Gasteiger partial charge in [0.1, 0.15) is 0 Å². The molecular weight excluding hydrogens is 462 g/mol. The molecule has 2 aliphatic carbocycles. The minimum Gasteiger partial charge on any atom is -0.383 e. The van der Waals surface area contributed by atoms with Gasteiger partial charge in [0.2, 0.25) is 0 Å². The van der Waals surface area contributed by atoms with Gasteiger partial charge in [-0.1, -0.05) is 42.5 Å². The number of carbonyl (C=O) groups excluding carboxylic acids is 2. The van der Waals surface area contributed by atoms with Crippen molar-refractivity contribution in [1.29, 1.82) is 0 Å². The van der Waals surface area contributed by atoms with Gasteiger partial charge in [-0.25, -0.2) is 0 Å². The van der Waals surface area contributed by atoms with Gasteiger partial charge in [0.25, 0.3) is 11.8 Å². The van der Waals surface area contributed by atoms with E-state index < -0.39 is 0 Å². The van der Waals surface area contributed by atoms with Crippen LogP contribution in [0.4, 0.5) is 11.4 Å². The third kappa shape index (κ3) is 4.40. The Morgan fingerprint density at radius 2 is 1.73 bits per heavy atom. The van der Waals surface area contributed by atoms with Gasteiger partial charge in [-0.15, -0.1) is 0 Å². The van der Waals surface area contributed by atoms with Gasteiger partial charge in [0.05, 0.1) is 23.9 Å². The largest absolute Gasteiger partial charge is 0.383 e. The number of nitrogens with one attached hydrogen (secondary N) is 3. The molecule has 3 aromatic rings. The van der Waals surface area contributed by atoms with Crippen LogP contribution in [0.25, 0.3) is 0 Å². The van der Waals surface area contributed by atoms with Crippen molar-refractivity contribution in [3.63, 3.8) is 0 Å². The quantitative estimate of drug-likeness (QED) is 0.372. The van der Waals surface area contributed by atoms with Gasteiger partial charge in [0, 0.05) is 24.9 Å². The summed E-state index contributed by atoms with van der Waals surface area (Å²) in [5, 5.41) is 9.65. The zero-order chi connectivity index (χ0) is 25.4. The first kappa shape index (κ1) is 23.7. The monoisotopic (exact) mass is 495 g/mol. The fraction of sp³-hybridized carbons (Fsp3) is 0.355. The first-order valence-electron chi connectivity index (χ1n) is 13.3. The predicted molar refractivity (Wildman–Crippen MR) is 145 cm³/mol. The molecular formula is C31H33N3O3. The van der Waals surface area contributed by atoms with E-state index in [9.17, 15) is 9.59 Å². The molecule has 0 radical (unpaired) electrons. The van der Waals surface area contributed by atoms with E-state index in [1.807, 2.05) is 12.1 Å². The molecule has 6 rings (SSSR count). The molecule has 2 bridgehead atoms. The smallest absolute Gasteiger partial charge is 0.255 e. The maximum Gasteiger partial charge on any atom is 0.255 e. The Hall–Kier alpha value is -3.64. The molecule has 1 aliphatic heterocycles. The summed E-state index contributed by atoms with van der Waals surface area (Å²) in [5.74, 6) is 1.97. The average Bonchev–Trinajstić information content (AvgIpc) is 3.56. The van der Waals surface area contributed by atoms with Crippen LogP contribution in [-0.2, 0) is 4.74 Å². The summed E-state index contributed by atoms with van der Waals surface area (Å²) in [6.07, 6.45) is 3.85. The lowest BCUT2D eigenvalue weighted by Crippen LogP contribution is -2.35. The van der Waals surface area contributed by atoms with Crippen LogP contribution >= 0.6 is 0 Å². The Balaban J connectivity index is 1.27. The van der Waals surface area contributed by atoms with Crippen molar-refractivity contribution in [2.24, 2.45) is 17.8 Å². The molecule has 3 aliphatic rings. The Morgan fingerprint density at radius 1 is 0.946 bits per heavy atom. The summed E-state index contributed by atoms with van der Waals surface area (Å²) >= 11 is 0. The van der Waals surface area contributed by atoms with E-state index in [1.54, 1.807) is 25.3 Å². The molecule has 0 aromatic heterocycles. The van der Waals surface area contributed by atoms with Gasteiger partial charge in [0.15, 0.2) is 0 Å². The molecule has 0 saturated heterocycles. The second-order valence-corrected chi connectivity index (χ2v) is 10.5. The molecule has 1 heterocycles. The lowest BCUT2D eigenvalue weighted by Gasteiger charge is -2.43. The normalized spacial score (nSPS) is 25.1. The summed E-state index contributed by atoms with van der Waals surface area (Å²) in [6, 6.07) is 24.2. The minimum atomic E-state index is -0.237. The summed E-state index contributed by atoms with van der Waals surface area (Å²) in [4.78, 5) is 26.1. The van der Waals surface area contributed by atoms with Gasteiger partial charge in [-0.3, -0.25) is 9.59 Å². The summed E-state index contributed by atoms with van der Waals surface area (Å²) < 4.78 is 5.02. The van der Waals surface area contributed by atoms with Crippen LogP contribution in [0.3, 0.4) is 0 Å². The Labute approximate surface area is 217 Å². The van der Waals surface area contributed by atoms with Crippen LogP contribution in [0.15, 0.2) is 72.8 Å². The van der Waals surface area contributed by atoms with Crippen LogP contribution < -0.4 is 16.0 Å². The highest BCUT2D eigenvalue weighted by atomic mass is 16.5. The number of hydrogen-bond acceptors (Lipinski definition) is 4. The van der Waals surface area contributed by atoms with Crippen molar-refractivity contribution < 1.29 is 14.3 Å². The standard InChI is InChI=1S/C31H33N3O3/c1-37-16-15-32-31(36)23-9-5-6-10-25(23)34-30(35)22-13-14-26-24(18-22)27-20-11-12-21(17-20)28(27)29(33-26)19-7-3-2-4-8-19/h2-10,13-14,18,20-21,27-29,33H,11-12,15-17H2,1H3,(H,32,36)(H,34,35)/t20-,21+,27-,28+,29-/m1/s1. The molecule has 6 heteroatoms. The molecule has 0 spiro atoms. The number of ether oxygens (including phenoxy) is 1. The predicted octanol–water partition coefficient (Wildman–Crippen LogP) is 5.61. The molecule has 37 heavy (non-hydrogen) atoms. The van der Waals surface area contributed by atoms with Gasteiger partial charge < -0.3 is 20.7 Å². The molecule has 6 nitrogen and oxygen atoms in total. The first-order chi connectivity index (χ1) is 18.1. The van der Waals surface area contributed by atoms with Crippen molar-refractivity contribution in [3.05, 3.63) is 95.1 Å². The van der Waals surface area contributed by atoms with E-state index in [2.05, 4.69) is 58.4 Å². The number of benzene rings is 3. The first-order valence-corrected chi connectivity index (χ1v) is 13.3. The second kappa shape index (κ2) is 10.0. The van der Waals surface area contributed by atoms with Crippen molar-refractivity contribution in [3.8, 4) is 0 Å². The number of amides is 2. The summed E-state index contributed by atoms with van der Waals surface area (Å²) in [7, 11) is 1.59.